The fraction of sp³-hybridized carbons (Fsp3) is 0.450. The van der Waals surface area contributed by atoms with Crippen LogP contribution in [-0.2, 0) is 14.8 Å². The number of hydrogen-bond donors (Lipinski definition) is 1. The zero-order valence-electron chi connectivity index (χ0n) is 16.7. The van der Waals surface area contributed by atoms with Crippen LogP contribution in [0.2, 0.25) is 0 Å². The maximum Gasteiger partial charge on any atom is 0.387 e. The molecule has 1 aromatic carbocycles. The van der Waals surface area contributed by atoms with Gasteiger partial charge in [-0.05, 0) is 56.5 Å². The second kappa shape index (κ2) is 9.40. The Kier molecular flexibility index (Phi) is 7.10. The Bertz CT molecular complexity index is 994. The van der Waals surface area contributed by atoms with E-state index in [-0.39, 0.29) is 22.4 Å². The Morgan fingerprint density at radius 2 is 2.07 bits per heavy atom. The maximum absolute atomic E-state index is 12.9. The Morgan fingerprint density at radius 3 is 2.73 bits per heavy atom. The van der Waals surface area contributed by atoms with Gasteiger partial charge in [0.25, 0.3) is 10.0 Å². The van der Waals surface area contributed by atoms with E-state index in [9.17, 15) is 22.0 Å². The molecule has 164 valence electrons. The highest BCUT2D eigenvalue weighted by Gasteiger charge is 2.34. The normalized spacial score (nSPS) is 18.9. The van der Waals surface area contributed by atoms with Crippen molar-refractivity contribution in [3.05, 3.63) is 46.8 Å². The predicted octanol–water partition coefficient (Wildman–Crippen LogP) is 3.94. The average Bonchev–Trinajstić information content (AvgIpc) is 3.15. The molecule has 2 heterocycles. The predicted molar refractivity (Wildman–Crippen MR) is 110 cm³/mol. The van der Waals surface area contributed by atoms with Gasteiger partial charge in [-0.25, -0.2) is 8.42 Å². The standard InChI is InChI=1S/C20H24F2N2O4S2/c1-13-8-9-18(29-13)30(26,27)24-10-4-6-16(12-24)19(25)23-14(2)15-5-3-7-17(11-15)28-20(21)22/h3,5,7-9,11,14,16,20H,4,6,10,12H2,1-2H3,(H,23,25). The molecule has 0 bridgehead atoms. The van der Waals surface area contributed by atoms with Crippen LogP contribution in [0.15, 0.2) is 40.6 Å². The van der Waals surface area contributed by atoms with E-state index in [0.29, 0.717) is 24.9 Å². The monoisotopic (exact) mass is 458 g/mol. The quantitative estimate of drug-likeness (QED) is 0.682. The number of sulfonamides is 1. The molecule has 1 aromatic heterocycles. The van der Waals surface area contributed by atoms with E-state index in [1.54, 1.807) is 31.2 Å². The Hall–Kier alpha value is -2.04. The molecule has 2 aromatic rings. The molecular formula is C20H24F2N2O4S2. The van der Waals surface area contributed by atoms with Crippen LogP contribution in [0.4, 0.5) is 8.78 Å². The van der Waals surface area contributed by atoms with Crippen molar-refractivity contribution in [2.75, 3.05) is 13.1 Å². The van der Waals surface area contributed by atoms with Crippen LogP contribution in [0, 0.1) is 12.8 Å². The molecule has 1 aliphatic rings. The summed E-state index contributed by atoms with van der Waals surface area (Å²) in [6, 6.07) is 9.07. The van der Waals surface area contributed by atoms with Crippen molar-refractivity contribution in [2.45, 2.75) is 43.6 Å². The second-order valence-corrected chi connectivity index (χ2v) is 10.7. The molecule has 1 N–H and O–H groups in total. The molecule has 30 heavy (non-hydrogen) atoms. The smallest absolute Gasteiger partial charge is 0.387 e. The van der Waals surface area contributed by atoms with Gasteiger partial charge < -0.3 is 10.1 Å². The number of alkyl halides is 2. The van der Waals surface area contributed by atoms with E-state index in [2.05, 4.69) is 10.1 Å². The van der Waals surface area contributed by atoms with E-state index in [4.69, 9.17) is 0 Å². The Labute approximate surface area is 178 Å². The number of carbonyl (C=O) groups is 1. The van der Waals surface area contributed by atoms with Crippen LogP contribution in [0.3, 0.4) is 0 Å². The number of carbonyl (C=O) groups excluding carboxylic acids is 1. The van der Waals surface area contributed by atoms with Gasteiger partial charge in [-0.2, -0.15) is 13.1 Å². The lowest BCUT2D eigenvalue weighted by molar-refractivity contribution is -0.126. The summed E-state index contributed by atoms with van der Waals surface area (Å²) < 4.78 is 56.6. The van der Waals surface area contributed by atoms with Crippen LogP contribution < -0.4 is 10.1 Å². The minimum Gasteiger partial charge on any atom is -0.435 e. The van der Waals surface area contributed by atoms with Crippen molar-refractivity contribution in [2.24, 2.45) is 5.92 Å². The molecule has 0 spiro atoms. The number of benzene rings is 1. The van der Waals surface area contributed by atoms with E-state index >= 15 is 0 Å². The van der Waals surface area contributed by atoms with Crippen LogP contribution in [0.5, 0.6) is 5.75 Å². The number of piperidine rings is 1. The summed E-state index contributed by atoms with van der Waals surface area (Å²) in [5.41, 5.74) is 0.621. The highest BCUT2D eigenvalue weighted by Crippen LogP contribution is 2.29. The third-order valence-electron chi connectivity index (χ3n) is 5.01. The first kappa shape index (κ1) is 22.6. The van der Waals surface area contributed by atoms with Crippen molar-refractivity contribution < 1.29 is 26.7 Å². The molecule has 2 unspecified atom stereocenters. The van der Waals surface area contributed by atoms with Gasteiger partial charge >= 0.3 is 6.61 Å². The van der Waals surface area contributed by atoms with Crippen LogP contribution in [-0.4, -0.2) is 38.3 Å². The summed E-state index contributed by atoms with van der Waals surface area (Å²) in [6.45, 7) is 1.16. The van der Waals surface area contributed by atoms with Gasteiger partial charge in [0.2, 0.25) is 5.91 Å². The van der Waals surface area contributed by atoms with Gasteiger partial charge in [0, 0.05) is 18.0 Å². The molecule has 2 atom stereocenters. The molecule has 0 aliphatic carbocycles. The summed E-state index contributed by atoms with van der Waals surface area (Å²) in [5.74, 6) is -0.716. The minimum atomic E-state index is -3.62. The van der Waals surface area contributed by atoms with E-state index in [1.165, 1.54) is 27.8 Å². The van der Waals surface area contributed by atoms with Crippen molar-refractivity contribution >= 4 is 27.3 Å². The summed E-state index contributed by atoms with van der Waals surface area (Å²) >= 11 is 1.22. The SMILES string of the molecule is Cc1ccc(S(=O)(=O)N2CCCC(C(=O)NC(C)c3cccc(OC(F)F)c3)C2)s1. The van der Waals surface area contributed by atoms with Gasteiger partial charge in [-0.1, -0.05) is 12.1 Å². The first-order valence-electron chi connectivity index (χ1n) is 9.58. The van der Waals surface area contributed by atoms with E-state index in [1.807, 2.05) is 6.92 Å². The Balaban J connectivity index is 1.65. The van der Waals surface area contributed by atoms with Crippen LogP contribution >= 0.6 is 11.3 Å². The molecule has 1 aliphatic heterocycles. The number of amides is 1. The largest absolute Gasteiger partial charge is 0.435 e. The van der Waals surface area contributed by atoms with Gasteiger partial charge in [-0.15, -0.1) is 11.3 Å². The minimum absolute atomic E-state index is 0.0183. The molecule has 0 saturated carbocycles. The summed E-state index contributed by atoms with van der Waals surface area (Å²) in [4.78, 5) is 13.7. The van der Waals surface area contributed by atoms with Crippen molar-refractivity contribution in [3.63, 3.8) is 0 Å². The number of halogens is 2. The molecule has 10 heteroatoms. The number of nitrogens with zero attached hydrogens (tertiary/aromatic N) is 1. The number of aryl methyl sites for hydroxylation is 1. The molecule has 1 saturated heterocycles. The van der Waals surface area contributed by atoms with Crippen LogP contribution in [0.1, 0.15) is 36.2 Å². The lowest BCUT2D eigenvalue weighted by Gasteiger charge is -2.31. The number of thiophene rings is 1. The van der Waals surface area contributed by atoms with Crippen molar-refractivity contribution in [3.8, 4) is 5.75 Å². The molecule has 1 amide bonds. The second-order valence-electron chi connectivity index (χ2n) is 7.25. The van der Waals surface area contributed by atoms with E-state index in [0.717, 1.165) is 4.88 Å². The Morgan fingerprint density at radius 1 is 1.30 bits per heavy atom. The van der Waals surface area contributed by atoms with Gasteiger partial charge in [0.1, 0.15) is 9.96 Å². The highest BCUT2D eigenvalue weighted by molar-refractivity contribution is 7.91. The molecule has 3 rings (SSSR count). The lowest BCUT2D eigenvalue weighted by atomic mass is 9.98. The molecule has 6 nitrogen and oxygen atoms in total. The van der Waals surface area contributed by atoms with Gasteiger partial charge in [0.05, 0.1) is 12.0 Å². The number of hydrogen-bond acceptors (Lipinski definition) is 5. The van der Waals surface area contributed by atoms with Gasteiger partial charge in [-0.3, -0.25) is 4.79 Å². The highest BCUT2D eigenvalue weighted by atomic mass is 32.2. The van der Waals surface area contributed by atoms with Crippen molar-refractivity contribution in [1.29, 1.82) is 0 Å². The van der Waals surface area contributed by atoms with Gasteiger partial charge in [0.15, 0.2) is 0 Å². The summed E-state index contributed by atoms with van der Waals surface area (Å²) in [6.07, 6.45) is 1.18. The fourth-order valence-corrected chi connectivity index (χ4v) is 6.39. The summed E-state index contributed by atoms with van der Waals surface area (Å²) in [5, 5.41) is 2.86. The molecule has 0 radical (unpaired) electrons. The zero-order valence-corrected chi connectivity index (χ0v) is 18.3. The van der Waals surface area contributed by atoms with E-state index < -0.39 is 28.6 Å². The number of nitrogens with one attached hydrogen (secondary N) is 1. The first-order chi connectivity index (χ1) is 14.2. The summed E-state index contributed by atoms with van der Waals surface area (Å²) in [7, 11) is -3.62. The topological polar surface area (TPSA) is 75.7 Å². The average molecular weight is 459 g/mol. The lowest BCUT2D eigenvalue weighted by Crippen LogP contribution is -2.45. The number of ether oxygens (including phenoxy) is 1. The van der Waals surface area contributed by atoms with Crippen molar-refractivity contribution in [1.82, 2.24) is 9.62 Å². The maximum atomic E-state index is 12.9. The first-order valence-corrected chi connectivity index (χ1v) is 11.8. The molecular weight excluding hydrogens is 434 g/mol. The van der Waals surface area contributed by atoms with Crippen LogP contribution in [0.25, 0.3) is 0 Å². The zero-order chi connectivity index (χ0) is 21.9. The number of rotatable bonds is 7. The third-order valence-corrected chi connectivity index (χ3v) is 8.34. The molecule has 1 fully saturated rings. The third kappa shape index (κ3) is 5.35. The fourth-order valence-electron chi connectivity index (χ4n) is 3.43.